The van der Waals surface area contributed by atoms with Crippen molar-refractivity contribution in [2.45, 2.75) is 19.3 Å². The molecule has 1 aliphatic heterocycles. The summed E-state index contributed by atoms with van der Waals surface area (Å²) in [5.74, 6) is -1.73. The maximum absolute atomic E-state index is 11.4. The quantitative estimate of drug-likeness (QED) is 0.625. The first kappa shape index (κ1) is 16.4. The van der Waals surface area contributed by atoms with Crippen molar-refractivity contribution in [3.63, 3.8) is 0 Å². The molecule has 0 spiro atoms. The summed E-state index contributed by atoms with van der Waals surface area (Å²) in [5, 5.41) is 9.17. The highest BCUT2D eigenvalue weighted by Gasteiger charge is 2.36. The van der Waals surface area contributed by atoms with Crippen LogP contribution in [0.15, 0.2) is 0 Å². The predicted octanol–water partition coefficient (Wildman–Crippen LogP) is 0.565. The third-order valence-corrected chi connectivity index (χ3v) is 5.16. The van der Waals surface area contributed by atoms with E-state index in [-0.39, 0.29) is 17.4 Å². The molecule has 1 rings (SSSR count). The number of hydrogen-bond donors (Lipinski definition) is 1. The number of ether oxygens (including phenoxy) is 2. The van der Waals surface area contributed by atoms with Gasteiger partial charge in [-0.2, -0.15) is 0 Å². The summed E-state index contributed by atoms with van der Waals surface area (Å²) in [6, 6.07) is 0. The van der Waals surface area contributed by atoms with Crippen molar-refractivity contribution in [2.24, 2.45) is 11.8 Å². The lowest BCUT2D eigenvalue weighted by Gasteiger charge is -2.18. The van der Waals surface area contributed by atoms with Gasteiger partial charge in [0.05, 0.1) is 17.4 Å². The molecule has 1 saturated heterocycles. The third kappa shape index (κ3) is 5.88. The van der Waals surface area contributed by atoms with Crippen LogP contribution in [0.2, 0.25) is 0 Å². The molecule has 0 aliphatic carbocycles. The van der Waals surface area contributed by atoms with Gasteiger partial charge in [-0.3, -0.25) is 4.79 Å². The molecule has 1 heterocycles. The number of carbonyl (C=O) groups is 1. The molecule has 0 amide bonds. The molecule has 7 heteroatoms. The molecule has 1 fully saturated rings. The van der Waals surface area contributed by atoms with Crippen LogP contribution in [-0.4, -0.2) is 57.9 Å². The fraction of sp³-hybridized carbons (Fsp3) is 0.917. The van der Waals surface area contributed by atoms with Gasteiger partial charge in [-0.1, -0.05) is 0 Å². The molecule has 6 nitrogen and oxygen atoms in total. The highest BCUT2D eigenvalue weighted by Crippen LogP contribution is 2.28. The maximum atomic E-state index is 11.4. The van der Waals surface area contributed by atoms with Crippen LogP contribution in [0.5, 0.6) is 0 Å². The zero-order valence-corrected chi connectivity index (χ0v) is 12.0. The summed E-state index contributed by atoms with van der Waals surface area (Å²) in [7, 11) is -1.43. The Kier molecular flexibility index (Phi) is 6.74. The van der Waals surface area contributed by atoms with Crippen molar-refractivity contribution in [1.29, 1.82) is 0 Å². The second kappa shape index (κ2) is 7.81. The van der Waals surface area contributed by atoms with Crippen molar-refractivity contribution in [2.75, 3.05) is 38.4 Å². The van der Waals surface area contributed by atoms with Crippen molar-refractivity contribution in [1.82, 2.24) is 0 Å². The third-order valence-electron chi connectivity index (χ3n) is 3.36. The highest BCUT2D eigenvalue weighted by molar-refractivity contribution is 7.91. The number of sulfone groups is 1. The summed E-state index contributed by atoms with van der Waals surface area (Å²) in [6.45, 7) is 1.49. The summed E-state index contributed by atoms with van der Waals surface area (Å²) < 4.78 is 33.0. The normalized spacial score (nSPS) is 23.3. The van der Waals surface area contributed by atoms with Crippen LogP contribution in [0, 0.1) is 11.8 Å². The fourth-order valence-electron chi connectivity index (χ4n) is 2.32. The topological polar surface area (TPSA) is 89.9 Å². The summed E-state index contributed by atoms with van der Waals surface area (Å²) in [4.78, 5) is 11.2. The Morgan fingerprint density at radius 2 is 2.11 bits per heavy atom. The van der Waals surface area contributed by atoms with E-state index in [1.165, 1.54) is 0 Å². The molecular weight excluding hydrogens is 272 g/mol. The van der Waals surface area contributed by atoms with Gasteiger partial charge in [0, 0.05) is 26.9 Å². The summed E-state index contributed by atoms with van der Waals surface area (Å²) in [5.41, 5.74) is 0. The Balaban J connectivity index is 2.32. The first-order valence-corrected chi connectivity index (χ1v) is 8.28. The number of methoxy groups -OCH3 is 1. The van der Waals surface area contributed by atoms with Crippen LogP contribution < -0.4 is 0 Å². The van der Waals surface area contributed by atoms with E-state index in [1.54, 1.807) is 7.11 Å². The average molecular weight is 294 g/mol. The largest absolute Gasteiger partial charge is 0.481 e. The molecule has 0 aromatic carbocycles. The van der Waals surface area contributed by atoms with E-state index >= 15 is 0 Å². The SMILES string of the molecule is COCCCOCCC(C(=O)O)C1CCS(=O)(=O)C1. The van der Waals surface area contributed by atoms with Crippen LogP contribution in [0.3, 0.4) is 0 Å². The molecule has 0 saturated carbocycles. The van der Waals surface area contributed by atoms with Gasteiger partial charge < -0.3 is 14.6 Å². The molecule has 0 radical (unpaired) electrons. The molecular formula is C12H22O6S. The Hall–Kier alpha value is -0.660. The number of aliphatic carboxylic acids is 1. The molecule has 19 heavy (non-hydrogen) atoms. The molecule has 1 N–H and O–H groups in total. The highest BCUT2D eigenvalue weighted by atomic mass is 32.2. The van der Waals surface area contributed by atoms with Crippen molar-refractivity contribution < 1.29 is 27.8 Å². The first-order chi connectivity index (χ1) is 8.96. The van der Waals surface area contributed by atoms with Gasteiger partial charge in [-0.25, -0.2) is 8.42 Å². The van der Waals surface area contributed by atoms with E-state index in [0.717, 1.165) is 6.42 Å². The van der Waals surface area contributed by atoms with E-state index in [9.17, 15) is 18.3 Å². The Labute approximate surface area is 114 Å². The smallest absolute Gasteiger partial charge is 0.306 e. The lowest BCUT2D eigenvalue weighted by Crippen LogP contribution is -2.26. The number of carboxylic acids is 1. The molecule has 112 valence electrons. The standard InChI is InChI=1S/C12H22O6S/c1-17-5-2-6-18-7-3-11(12(13)14)10-4-8-19(15,16)9-10/h10-11H,2-9H2,1H3,(H,13,14). The second-order valence-corrected chi connectivity index (χ2v) is 7.08. The second-order valence-electron chi connectivity index (χ2n) is 4.86. The summed E-state index contributed by atoms with van der Waals surface area (Å²) >= 11 is 0. The van der Waals surface area contributed by atoms with Gasteiger partial charge in [0.2, 0.25) is 0 Å². The molecule has 0 aromatic rings. The lowest BCUT2D eigenvalue weighted by atomic mass is 9.89. The van der Waals surface area contributed by atoms with Crippen LogP contribution >= 0.6 is 0 Å². The van der Waals surface area contributed by atoms with E-state index in [0.29, 0.717) is 32.7 Å². The van der Waals surface area contributed by atoms with Gasteiger partial charge in [0.1, 0.15) is 0 Å². The minimum atomic E-state index is -3.04. The van der Waals surface area contributed by atoms with E-state index in [4.69, 9.17) is 9.47 Å². The minimum Gasteiger partial charge on any atom is -0.481 e. The van der Waals surface area contributed by atoms with Crippen LogP contribution in [-0.2, 0) is 24.1 Å². The van der Waals surface area contributed by atoms with Gasteiger partial charge in [-0.15, -0.1) is 0 Å². The average Bonchev–Trinajstić information content (AvgIpc) is 2.68. The Morgan fingerprint density at radius 3 is 2.63 bits per heavy atom. The molecule has 1 aliphatic rings. The van der Waals surface area contributed by atoms with E-state index < -0.39 is 21.7 Å². The fourth-order valence-corrected chi connectivity index (χ4v) is 4.20. The number of hydrogen-bond acceptors (Lipinski definition) is 5. The lowest BCUT2D eigenvalue weighted by molar-refractivity contribution is -0.144. The monoisotopic (exact) mass is 294 g/mol. The molecule has 0 aromatic heterocycles. The van der Waals surface area contributed by atoms with Crippen molar-refractivity contribution in [3.05, 3.63) is 0 Å². The molecule has 0 bridgehead atoms. The molecule has 2 atom stereocenters. The van der Waals surface area contributed by atoms with E-state index in [1.807, 2.05) is 0 Å². The van der Waals surface area contributed by atoms with Gasteiger partial charge in [0.15, 0.2) is 9.84 Å². The van der Waals surface area contributed by atoms with Gasteiger partial charge in [-0.05, 0) is 25.2 Å². The van der Waals surface area contributed by atoms with Gasteiger partial charge >= 0.3 is 5.97 Å². The van der Waals surface area contributed by atoms with Crippen LogP contribution in [0.4, 0.5) is 0 Å². The first-order valence-electron chi connectivity index (χ1n) is 6.46. The zero-order valence-electron chi connectivity index (χ0n) is 11.2. The number of carboxylic acid groups (broad SMARTS) is 1. The predicted molar refractivity (Wildman–Crippen MR) is 69.8 cm³/mol. The maximum Gasteiger partial charge on any atom is 0.306 e. The number of rotatable bonds is 9. The van der Waals surface area contributed by atoms with E-state index in [2.05, 4.69) is 0 Å². The van der Waals surface area contributed by atoms with Gasteiger partial charge in [0.25, 0.3) is 0 Å². The Morgan fingerprint density at radius 1 is 1.37 bits per heavy atom. The molecule has 2 unspecified atom stereocenters. The van der Waals surface area contributed by atoms with Crippen molar-refractivity contribution >= 4 is 15.8 Å². The van der Waals surface area contributed by atoms with Crippen LogP contribution in [0.25, 0.3) is 0 Å². The van der Waals surface area contributed by atoms with Crippen molar-refractivity contribution in [3.8, 4) is 0 Å². The summed E-state index contributed by atoms with van der Waals surface area (Å²) in [6.07, 6.45) is 1.58. The van der Waals surface area contributed by atoms with Crippen LogP contribution in [0.1, 0.15) is 19.3 Å². The minimum absolute atomic E-state index is 0.00631. The zero-order chi connectivity index (χ0) is 14.3. The Bertz CT molecular complexity index is 378.